The Morgan fingerprint density at radius 1 is 1.21 bits per heavy atom. The minimum Gasteiger partial charge on any atom is -0.508 e. The van der Waals surface area contributed by atoms with Gasteiger partial charge in [-0.05, 0) is 36.8 Å². The maximum atomic E-state index is 12.5. The molecule has 0 radical (unpaired) electrons. The number of anilines is 1. The number of aryl methyl sites for hydroxylation is 1. The number of aromatic hydroxyl groups is 1. The van der Waals surface area contributed by atoms with E-state index in [1.807, 2.05) is 19.1 Å². The van der Waals surface area contributed by atoms with E-state index in [2.05, 4.69) is 15.9 Å². The van der Waals surface area contributed by atoms with E-state index >= 15 is 0 Å². The van der Waals surface area contributed by atoms with Crippen molar-refractivity contribution in [3.05, 3.63) is 58.1 Å². The van der Waals surface area contributed by atoms with E-state index in [9.17, 15) is 9.90 Å². The Labute approximate surface area is 120 Å². The summed E-state index contributed by atoms with van der Waals surface area (Å²) < 4.78 is 0.866. The highest BCUT2D eigenvalue weighted by Gasteiger charge is 2.16. The van der Waals surface area contributed by atoms with Crippen molar-refractivity contribution in [2.45, 2.75) is 6.92 Å². The van der Waals surface area contributed by atoms with Gasteiger partial charge < -0.3 is 10.0 Å². The summed E-state index contributed by atoms with van der Waals surface area (Å²) in [7, 11) is 1.69. The monoisotopic (exact) mass is 319 g/mol. The Bertz CT molecular complexity index is 625. The molecule has 0 atom stereocenters. The van der Waals surface area contributed by atoms with Gasteiger partial charge in [-0.2, -0.15) is 0 Å². The van der Waals surface area contributed by atoms with Gasteiger partial charge in [-0.15, -0.1) is 0 Å². The molecule has 4 heteroatoms. The van der Waals surface area contributed by atoms with E-state index in [0.29, 0.717) is 11.3 Å². The minimum atomic E-state index is -0.107. The van der Waals surface area contributed by atoms with Crippen molar-refractivity contribution in [3.63, 3.8) is 0 Å². The summed E-state index contributed by atoms with van der Waals surface area (Å²) in [6.07, 6.45) is 0. The van der Waals surface area contributed by atoms with Crippen LogP contribution < -0.4 is 4.90 Å². The van der Waals surface area contributed by atoms with Crippen LogP contribution in [0.2, 0.25) is 0 Å². The molecule has 98 valence electrons. The quantitative estimate of drug-likeness (QED) is 0.916. The van der Waals surface area contributed by atoms with Gasteiger partial charge in [-0.3, -0.25) is 4.79 Å². The summed E-state index contributed by atoms with van der Waals surface area (Å²) in [5, 5.41) is 9.47. The van der Waals surface area contributed by atoms with Crippen molar-refractivity contribution in [2.24, 2.45) is 0 Å². The minimum absolute atomic E-state index is 0.107. The number of amides is 1. The van der Waals surface area contributed by atoms with Gasteiger partial charge in [-0.25, -0.2) is 0 Å². The fourth-order valence-corrected chi connectivity index (χ4v) is 2.19. The third-order valence-corrected chi connectivity index (χ3v) is 3.44. The molecule has 2 aromatic rings. The number of hydrogen-bond acceptors (Lipinski definition) is 2. The van der Waals surface area contributed by atoms with E-state index in [1.165, 1.54) is 4.90 Å². The number of hydrogen-bond donors (Lipinski definition) is 1. The lowest BCUT2D eigenvalue weighted by molar-refractivity contribution is 0.0992. The molecule has 0 aliphatic carbocycles. The summed E-state index contributed by atoms with van der Waals surface area (Å²) in [5.41, 5.74) is 2.21. The van der Waals surface area contributed by atoms with Crippen LogP contribution in [0, 0.1) is 6.92 Å². The van der Waals surface area contributed by atoms with Crippen molar-refractivity contribution in [1.82, 2.24) is 0 Å². The molecular weight excluding hydrogens is 306 g/mol. The predicted octanol–water partition coefficient (Wildman–Crippen LogP) is 3.74. The fourth-order valence-electron chi connectivity index (χ4n) is 1.82. The van der Waals surface area contributed by atoms with Crippen molar-refractivity contribution < 1.29 is 9.90 Å². The number of carbonyl (C=O) groups is 1. The molecular formula is C15H14BrNO2. The molecule has 0 aromatic heterocycles. The van der Waals surface area contributed by atoms with Crippen LogP contribution in [0.25, 0.3) is 0 Å². The standard InChI is InChI=1S/C15H14BrNO2/c1-10-6-7-11(16)8-14(10)15(19)17(2)12-4-3-5-13(18)9-12/h3-9,18H,1-2H3. The van der Waals surface area contributed by atoms with Gasteiger partial charge in [0.2, 0.25) is 0 Å². The number of carbonyl (C=O) groups excluding carboxylic acids is 1. The smallest absolute Gasteiger partial charge is 0.258 e. The van der Waals surface area contributed by atoms with Crippen LogP contribution in [0.4, 0.5) is 5.69 Å². The van der Waals surface area contributed by atoms with Gasteiger partial charge in [0.15, 0.2) is 0 Å². The molecule has 3 nitrogen and oxygen atoms in total. The van der Waals surface area contributed by atoms with Gasteiger partial charge in [0.1, 0.15) is 5.75 Å². The van der Waals surface area contributed by atoms with E-state index in [-0.39, 0.29) is 11.7 Å². The number of nitrogens with zero attached hydrogens (tertiary/aromatic N) is 1. The van der Waals surface area contributed by atoms with Crippen molar-refractivity contribution in [2.75, 3.05) is 11.9 Å². The number of phenolic OH excluding ortho intramolecular Hbond substituents is 1. The number of phenols is 1. The molecule has 0 fully saturated rings. The molecule has 0 bridgehead atoms. The molecule has 19 heavy (non-hydrogen) atoms. The lowest BCUT2D eigenvalue weighted by Crippen LogP contribution is -2.26. The van der Waals surface area contributed by atoms with E-state index < -0.39 is 0 Å². The van der Waals surface area contributed by atoms with Gasteiger partial charge in [0.25, 0.3) is 5.91 Å². The number of benzene rings is 2. The lowest BCUT2D eigenvalue weighted by atomic mass is 10.1. The normalized spacial score (nSPS) is 10.3. The van der Waals surface area contributed by atoms with Crippen molar-refractivity contribution >= 4 is 27.5 Å². The van der Waals surface area contributed by atoms with Crippen LogP contribution in [0.5, 0.6) is 5.75 Å². The molecule has 2 aromatic carbocycles. The third kappa shape index (κ3) is 2.96. The van der Waals surface area contributed by atoms with Crippen molar-refractivity contribution in [1.29, 1.82) is 0 Å². The highest BCUT2D eigenvalue weighted by molar-refractivity contribution is 9.10. The van der Waals surface area contributed by atoms with Crippen LogP contribution >= 0.6 is 15.9 Å². The molecule has 0 spiro atoms. The first-order chi connectivity index (χ1) is 8.99. The molecule has 0 saturated heterocycles. The maximum Gasteiger partial charge on any atom is 0.258 e. The number of rotatable bonds is 2. The molecule has 2 rings (SSSR count). The SMILES string of the molecule is Cc1ccc(Br)cc1C(=O)N(C)c1cccc(O)c1. The van der Waals surface area contributed by atoms with Gasteiger partial charge >= 0.3 is 0 Å². The zero-order chi connectivity index (χ0) is 14.0. The van der Waals surface area contributed by atoms with Crippen LogP contribution in [0.15, 0.2) is 46.9 Å². The molecule has 0 saturated carbocycles. The van der Waals surface area contributed by atoms with Gasteiger partial charge in [-0.1, -0.05) is 28.1 Å². The highest BCUT2D eigenvalue weighted by Crippen LogP contribution is 2.23. The Hall–Kier alpha value is -1.81. The highest BCUT2D eigenvalue weighted by atomic mass is 79.9. The fraction of sp³-hybridized carbons (Fsp3) is 0.133. The second-order valence-corrected chi connectivity index (χ2v) is 5.26. The first-order valence-corrected chi connectivity index (χ1v) is 6.61. The number of halogens is 1. The second-order valence-electron chi connectivity index (χ2n) is 4.34. The average Bonchev–Trinajstić information content (AvgIpc) is 2.40. The summed E-state index contributed by atoms with van der Waals surface area (Å²) in [5.74, 6) is 0.0347. The summed E-state index contributed by atoms with van der Waals surface area (Å²) in [6, 6.07) is 12.2. The maximum absolute atomic E-state index is 12.5. The Morgan fingerprint density at radius 2 is 1.95 bits per heavy atom. The zero-order valence-corrected chi connectivity index (χ0v) is 12.3. The van der Waals surface area contributed by atoms with Crippen LogP contribution in [0.3, 0.4) is 0 Å². The molecule has 1 N–H and O–H groups in total. The van der Waals surface area contributed by atoms with Crippen molar-refractivity contribution in [3.8, 4) is 5.75 Å². The second kappa shape index (κ2) is 5.45. The summed E-state index contributed by atoms with van der Waals surface area (Å²) >= 11 is 3.37. The van der Waals surface area contributed by atoms with Crippen LogP contribution in [-0.4, -0.2) is 18.1 Å². The predicted molar refractivity (Wildman–Crippen MR) is 79.7 cm³/mol. The largest absolute Gasteiger partial charge is 0.508 e. The third-order valence-electron chi connectivity index (χ3n) is 2.95. The summed E-state index contributed by atoms with van der Waals surface area (Å²) in [6.45, 7) is 1.90. The zero-order valence-electron chi connectivity index (χ0n) is 10.7. The first kappa shape index (κ1) is 13.6. The Balaban J connectivity index is 2.36. The Kier molecular flexibility index (Phi) is 3.90. The van der Waals surface area contributed by atoms with E-state index in [1.54, 1.807) is 37.4 Å². The average molecular weight is 320 g/mol. The van der Waals surface area contributed by atoms with Gasteiger partial charge in [0.05, 0.1) is 0 Å². The van der Waals surface area contributed by atoms with E-state index in [0.717, 1.165) is 10.0 Å². The molecule has 0 heterocycles. The van der Waals surface area contributed by atoms with Crippen LogP contribution in [-0.2, 0) is 0 Å². The lowest BCUT2D eigenvalue weighted by Gasteiger charge is -2.18. The molecule has 0 unspecified atom stereocenters. The van der Waals surface area contributed by atoms with Crippen LogP contribution in [0.1, 0.15) is 15.9 Å². The Morgan fingerprint density at radius 3 is 2.63 bits per heavy atom. The summed E-state index contributed by atoms with van der Waals surface area (Å²) in [4.78, 5) is 14.0. The topological polar surface area (TPSA) is 40.5 Å². The molecule has 0 aliphatic rings. The molecule has 0 aliphatic heterocycles. The molecule has 1 amide bonds. The van der Waals surface area contributed by atoms with Gasteiger partial charge in [0, 0.05) is 28.8 Å². The van der Waals surface area contributed by atoms with E-state index in [4.69, 9.17) is 0 Å². The first-order valence-electron chi connectivity index (χ1n) is 5.82.